The van der Waals surface area contributed by atoms with Crippen LogP contribution in [0.25, 0.3) is 5.69 Å². The van der Waals surface area contributed by atoms with Gasteiger partial charge in [-0.1, -0.05) is 5.21 Å². The van der Waals surface area contributed by atoms with Gasteiger partial charge in [-0.25, -0.2) is 9.07 Å². The third kappa shape index (κ3) is 4.70. The predicted octanol–water partition coefficient (Wildman–Crippen LogP) is 3.15. The van der Waals surface area contributed by atoms with Gasteiger partial charge in [0.2, 0.25) is 5.91 Å². The van der Waals surface area contributed by atoms with Gasteiger partial charge in [-0.2, -0.15) is 13.2 Å². The van der Waals surface area contributed by atoms with Crippen LogP contribution in [0.5, 0.6) is 0 Å². The molecule has 7 nitrogen and oxygen atoms in total. The summed E-state index contributed by atoms with van der Waals surface area (Å²) < 4.78 is 55.0. The Morgan fingerprint density at radius 1 is 1.10 bits per heavy atom. The van der Waals surface area contributed by atoms with Crippen LogP contribution in [0.2, 0.25) is 0 Å². The van der Waals surface area contributed by atoms with Crippen molar-refractivity contribution in [3.8, 4) is 5.69 Å². The van der Waals surface area contributed by atoms with E-state index in [-0.39, 0.29) is 30.6 Å². The minimum atomic E-state index is -4.90. The monoisotopic (exact) mass is 441 g/mol. The first-order valence-electron chi connectivity index (χ1n) is 10.0. The molecular formula is C20H23F4N5O2. The van der Waals surface area contributed by atoms with Crippen molar-refractivity contribution in [3.05, 3.63) is 41.5 Å². The van der Waals surface area contributed by atoms with Crippen LogP contribution in [0, 0.1) is 11.7 Å². The summed E-state index contributed by atoms with van der Waals surface area (Å²) in [4.78, 5) is 28.3. The number of nitrogens with zero attached hydrogens (tertiary/aromatic N) is 5. The molecule has 0 aliphatic carbocycles. The van der Waals surface area contributed by atoms with Crippen molar-refractivity contribution in [1.82, 2.24) is 24.8 Å². The Kier molecular flexibility index (Phi) is 6.61. The molecule has 0 radical (unpaired) electrons. The molecule has 2 aromatic rings. The average Bonchev–Trinajstić information content (AvgIpc) is 3.20. The highest BCUT2D eigenvalue weighted by Crippen LogP contribution is 2.34. The first-order valence-corrected chi connectivity index (χ1v) is 10.0. The Morgan fingerprint density at radius 2 is 1.68 bits per heavy atom. The van der Waals surface area contributed by atoms with Gasteiger partial charge in [-0.05, 0) is 51.0 Å². The van der Waals surface area contributed by atoms with E-state index in [4.69, 9.17) is 0 Å². The fourth-order valence-corrected chi connectivity index (χ4v) is 3.72. The summed E-state index contributed by atoms with van der Waals surface area (Å²) in [5.41, 5.74) is -2.19. The molecule has 1 aliphatic heterocycles. The van der Waals surface area contributed by atoms with Gasteiger partial charge in [-0.15, -0.1) is 5.10 Å². The normalized spacial score (nSPS) is 15.2. The summed E-state index contributed by atoms with van der Waals surface area (Å²) in [6, 6.07) is 4.24. The van der Waals surface area contributed by atoms with Crippen molar-refractivity contribution in [1.29, 1.82) is 0 Å². The van der Waals surface area contributed by atoms with E-state index in [1.54, 1.807) is 4.90 Å². The molecule has 0 atom stereocenters. The quantitative estimate of drug-likeness (QED) is 0.669. The Labute approximate surface area is 176 Å². The van der Waals surface area contributed by atoms with E-state index in [9.17, 15) is 27.2 Å². The van der Waals surface area contributed by atoms with Crippen LogP contribution in [0.4, 0.5) is 17.6 Å². The van der Waals surface area contributed by atoms with E-state index in [2.05, 4.69) is 10.3 Å². The van der Waals surface area contributed by atoms with Crippen LogP contribution in [0.3, 0.4) is 0 Å². The fraction of sp³-hybridized carbons (Fsp3) is 0.500. The number of halogens is 4. The van der Waals surface area contributed by atoms with Crippen molar-refractivity contribution in [3.63, 3.8) is 0 Å². The summed E-state index contributed by atoms with van der Waals surface area (Å²) in [5.74, 6) is -1.78. The standard InChI is InChI=1S/C20H23F4N5O2/c1-3-27(4-2)18(30)13-9-11-28(12-10-13)19(31)16-17(20(22,23)24)29(26-25-16)15-7-5-14(21)6-8-15/h5-8,13H,3-4,9-12H2,1-2H3. The van der Waals surface area contributed by atoms with Gasteiger partial charge < -0.3 is 9.80 Å². The molecule has 2 amide bonds. The molecule has 3 rings (SSSR count). The summed E-state index contributed by atoms with van der Waals surface area (Å²) >= 11 is 0. The topological polar surface area (TPSA) is 71.3 Å². The molecule has 1 aromatic carbocycles. The number of likely N-dealkylation sites (tertiary alicyclic amines) is 1. The maximum Gasteiger partial charge on any atom is 0.435 e. The van der Waals surface area contributed by atoms with E-state index in [0.29, 0.717) is 30.6 Å². The first-order chi connectivity index (χ1) is 14.7. The molecule has 168 valence electrons. The van der Waals surface area contributed by atoms with Crippen LogP contribution >= 0.6 is 0 Å². The molecule has 1 aliphatic rings. The third-order valence-corrected chi connectivity index (χ3v) is 5.42. The number of piperidine rings is 1. The van der Waals surface area contributed by atoms with Crippen LogP contribution in [0.1, 0.15) is 42.9 Å². The molecule has 0 spiro atoms. The largest absolute Gasteiger partial charge is 0.435 e. The van der Waals surface area contributed by atoms with E-state index < -0.39 is 29.3 Å². The van der Waals surface area contributed by atoms with Crippen LogP contribution < -0.4 is 0 Å². The van der Waals surface area contributed by atoms with Crippen molar-refractivity contribution in [2.24, 2.45) is 5.92 Å². The number of benzene rings is 1. The Balaban J connectivity index is 1.81. The predicted molar refractivity (Wildman–Crippen MR) is 103 cm³/mol. The highest BCUT2D eigenvalue weighted by atomic mass is 19.4. The molecule has 2 heterocycles. The summed E-state index contributed by atoms with van der Waals surface area (Å²) in [6.45, 7) is 5.21. The minimum Gasteiger partial charge on any atom is -0.343 e. The van der Waals surface area contributed by atoms with Crippen molar-refractivity contribution < 1.29 is 27.2 Å². The van der Waals surface area contributed by atoms with Gasteiger partial charge in [0, 0.05) is 32.1 Å². The van der Waals surface area contributed by atoms with Gasteiger partial charge in [0.05, 0.1) is 5.69 Å². The summed E-state index contributed by atoms with van der Waals surface area (Å²) in [7, 11) is 0. The van der Waals surface area contributed by atoms with E-state index in [0.717, 1.165) is 24.3 Å². The number of rotatable bonds is 5. The van der Waals surface area contributed by atoms with Crippen molar-refractivity contribution >= 4 is 11.8 Å². The summed E-state index contributed by atoms with van der Waals surface area (Å²) in [5, 5.41) is 7.00. The summed E-state index contributed by atoms with van der Waals surface area (Å²) in [6.07, 6.45) is -4.16. The zero-order chi connectivity index (χ0) is 22.8. The van der Waals surface area contributed by atoms with E-state index in [1.165, 1.54) is 4.90 Å². The van der Waals surface area contributed by atoms with Crippen LogP contribution in [-0.4, -0.2) is 62.8 Å². The van der Waals surface area contributed by atoms with Gasteiger partial charge in [-0.3, -0.25) is 9.59 Å². The SMILES string of the molecule is CCN(CC)C(=O)C1CCN(C(=O)c2nnn(-c3ccc(F)cc3)c2C(F)(F)F)CC1. The molecule has 1 saturated heterocycles. The molecule has 1 fully saturated rings. The molecule has 31 heavy (non-hydrogen) atoms. The second-order valence-electron chi connectivity index (χ2n) is 7.25. The number of alkyl halides is 3. The van der Waals surface area contributed by atoms with Crippen molar-refractivity contribution in [2.75, 3.05) is 26.2 Å². The average molecular weight is 441 g/mol. The number of carbonyl (C=O) groups is 2. The second kappa shape index (κ2) is 9.03. The molecule has 1 aromatic heterocycles. The fourth-order valence-electron chi connectivity index (χ4n) is 3.72. The van der Waals surface area contributed by atoms with Gasteiger partial charge in [0.25, 0.3) is 5.91 Å². The number of hydrogen-bond donors (Lipinski definition) is 0. The lowest BCUT2D eigenvalue weighted by Crippen LogP contribution is -2.44. The Morgan fingerprint density at radius 3 is 2.19 bits per heavy atom. The number of aromatic nitrogens is 3. The van der Waals surface area contributed by atoms with Gasteiger partial charge in [0.15, 0.2) is 11.4 Å². The zero-order valence-corrected chi connectivity index (χ0v) is 17.2. The van der Waals surface area contributed by atoms with Crippen molar-refractivity contribution in [2.45, 2.75) is 32.9 Å². The lowest BCUT2D eigenvalue weighted by molar-refractivity contribution is -0.143. The molecule has 0 unspecified atom stereocenters. The highest BCUT2D eigenvalue weighted by Gasteiger charge is 2.43. The number of carbonyl (C=O) groups excluding carboxylic acids is 2. The molecular weight excluding hydrogens is 418 g/mol. The van der Waals surface area contributed by atoms with Gasteiger partial charge in [0.1, 0.15) is 5.82 Å². The highest BCUT2D eigenvalue weighted by molar-refractivity contribution is 5.94. The molecule has 0 N–H and O–H groups in total. The van der Waals surface area contributed by atoms with E-state index >= 15 is 0 Å². The smallest absolute Gasteiger partial charge is 0.343 e. The maximum absolute atomic E-state index is 13.8. The second-order valence-corrected chi connectivity index (χ2v) is 7.25. The minimum absolute atomic E-state index is 0.00432. The number of amides is 2. The van der Waals surface area contributed by atoms with Crippen LogP contribution in [0.15, 0.2) is 24.3 Å². The third-order valence-electron chi connectivity index (χ3n) is 5.42. The zero-order valence-electron chi connectivity index (χ0n) is 17.2. The Bertz CT molecular complexity index is 930. The molecule has 0 bridgehead atoms. The van der Waals surface area contributed by atoms with Gasteiger partial charge >= 0.3 is 6.18 Å². The van der Waals surface area contributed by atoms with Crippen LogP contribution in [-0.2, 0) is 11.0 Å². The maximum atomic E-state index is 13.8. The molecule has 11 heteroatoms. The molecule has 0 saturated carbocycles. The van der Waals surface area contributed by atoms with E-state index in [1.807, 2.05) is 13.8 Å². The number of hydrogen-bond acceptors (Lipinski definition) is 4. The Hall–Kier alpha value is -2.98. The first kappa shape index (κ1) is 22.7. The lowest BCUT2D eigenvalue weighted by Gasteiger charge is -2.33. The lowest BCUT2D eigenvalue weighted by atomic mass is 9.95.